The Hall–Kier alpha value is -0.120. The molecule has 0 unspecified atom stereocenters. The standard InChI is InChI=1S/CH7N3/c1-4(2)3/h2-3H2,1H3/p+1. The first-order chi connectivity index (χ1) is 1.73. The molecule has 0 saturated heterocycles. The summed E-state index contributed by atoms with van der Waals surface area (Å²) < 4.78 is 0. The van der Waals surface area contributed by atoms with Gasteiger partial charge in [0, 0.05) is 0 Å². The fourth-order valence-electron chi connectivity index (χ4n) is 0. The summed E-state index contributed by atoms with van der Waals surface area (Å²) in [5.74, 6) is 9.61. The second kappa shape index (κ2) is 1.23. The molecule has 0 spiro atoms. The Morgan fingerprint density at radius 3 is 1.50 bits per heavy atom. The summed E-state index contributed by atoms with van der Waals surface area (Å²) in [5, 5.41) is 0.417. The van der Waals surface area contributed by atoms with Gasteiger partial charge < -0.3 is 0 Å². The molecule has 0 aromatic rings. The third-order valence-electron chi connectivity index (χ3n) is 0. The molecule has 0 bridgehead atoms. The maximum Gasteiger partial charge on any atom is 0.102 e. The van der Waals surface area contributed by atoms with Gasteiger partial charge in [0.15, 0.2) is 0 Å². The fraction of sp³-hybridized carbons (Fsp3) is 1.00. The maximum absolute atomic E-state index is 4.81. The van der Waals surface area contributed by atoms with Gasteiger partial charge in [0.25, 0.3) is 0 Å². The molecule has 0 aliphatic heterocycles. The van der Waals surface area contributed by atoms with Gasteiger partial charge in [-0.1, -0.05) is 0 Å². The summed E-state index contributed by atoms with van der Waals surface area (Å²) in [6.45, 7) is 0. The minimum absolute atomic E-state index is 0.417. The van der Waals surface area contributed by atoms with Crippen molar-refractivity contribution in [3.63, 3.8) is 0 Å². The van der Waals surface area contributed by atoms with E-state index in [0.29, 0.717) is 5.12 Å². The molecule has 0 saturated carbocycles. The predicted octanol–water partition coefficient (Wildman–Crippen LogP) is -2.75. The monoisotopic (exact) mass is 62.1 g/mol. The van der Waals surface area contributed by atoms with Crippen LogP contribution in [0.15, 0.2) is 0 Å². The molecule has 5 N–H and O–H groups in total. The lowest BCUT2D eigenvalue weighted by molar-refractivity contribution is -0.904. The first-order valence-corrected chi connectivity index (χ1v) is 1.08. The van der Waals surface area contributed by atoms with Crippen LogP contribution in [0.5, 0.6) is 0 Å². The summed E-state index contributed by atoms with van der Waals surface area (Å²) in [6.07, 6.45) is 0. The summed E-state index contributed by atoms with van der Waals surface area (Å²) in [5.41, 5.74) is 0. The lowest BCUT2D eigenvalue weighted by Gasteiger charge is -1.87. The molecule has 3 nitrogen and oxygen atoms in total. The van der Waals surface area contributed by atoms with Crippen molar-refractivity contribution >= 4 is 0 Å². The minimum atomic E-state index is 0.417. The molecule has 0 aliphatic rings. The van der Waals surface area contributed by atoms with Gasteiger partial charge in [-0.3, -0.25) is 0 Å². The van der Waals surface area contributed by atoms with Crippen molar-refractivity contribution in [1.29, 1.82) is 0 Å². The first-order valence-electron chi connectivity index (χ1n) is 1.08. The van der Waals surface area contributed by atoms with E-state index in [2.05, 4.69) is 0 Å². The Morgan fingerprint density at radius 2 is 1.50 bits per heavy atom. The van der Waals surface area contributed by atoms with Crippen LogP contribution < -0.4 is 16.8 Å². The Kier molecular flexibility index (Phi) is 1.19. The van der Waals surface area contributed by atoms with E-state index in [-0.39, 0.29) is 0 Å². The smallest absolute Gasteiger partial charge is 0.102 e. The van der Waals surface area contributed by atoms with Crippen LogP contribution in [-0.4, -0.2) is 7.05 Å². The van der Waals surface area contributed by atoms with Crippen LogP contribution in [0.1, 0.15) is 0 Å². The summed E-state index contributed by atoms with van der Waals surface area (Å²) >= 11 is 0. The molecule has 0 fully saturated rings. The van der Waals surface area contributed by atoms with Crippen molar-refractivity contribution in [1.82, 2.24) is 0 Å². The third kappa shape index (κ3) is 101. The van der Waals surface area contributed by atoms with Crippen molar-refractivity contribution in [2.24, 2.45) is 11.7 Å². The largest absolute Gasteiger partial charge is 0.190 e. The Balaban J connectivity index is 2.32. The average Bonchev–Trinajstić information content (AvgIpc) is 0.811. The molecule has 0 aromatic carbocycles. The van der Waals surface area contributed by atoms with E-state index in [0.717, 1.165) is 0 Å². The zero-order chi connectivity index (χ0) is 3.58. The molecular weight excluding hydrogens is 54.0 g/mol. The van der Waals surface area contributed by atoms with E-state index in [9.17, 15) is 0 Å². The number of hydrogen-bond acceptors (Lipinski definition) is 2. The van der Waals surface area contributed by atoms with E-state index in [4.69, 9.17) is 11.7 Å². The minimum Gasteiger partial charge on any atom is -0.190 e. The highest BCUT2D eigenvalue weighted by Gasteiger charge is 1.61. The molecule has 0 amide bonds. The van der Waals surface area contributed by atoms with Gasteiger partial charge in [0.2, 0.25) is 0 Å². The zero-order valence-corrected chi connectivity index (χ0v) is 2.65. The van der Waals surface area contributed by atoms with Gasteiger partial charge >= 0.3 is 0 Å². The highest BCUT2D eigenvalue weighted by molar-refractivity contribution is 3.38. The van der Waals surface area contributed by atoms with E-state index in [1.165, 1.54) is 0 Å². The SMILES string of the molecule is C[NH+](N)N. The van der Waals surface area contributed by atoms with Gasteiger partial charge in [0.05, 0.1) is 0 Å². The van der Waals surface area contributed by atoms with Crippen LogP contribution >= 0.6 is 0 Å². The molecule has 3 heteroatoms. The molecule has 0 radical (unpaired) electrons. The fourth-order valence-corrected chi connectivity index (χ4v) is 0. The summed E-state index contributed by atoms with van der Waals surface area (Å²) in [6, 6.07) is 0. The first kappa shape index (κ1) is 3.88. The van der Waals surface area contributed by atoms with Gasteiger partial charge in [-0.2, -0.15) is 16.8 Å². The van der Waals surface area contributed by atoms with Crippen molar-refractivity contribution in [2.75, 3.05) is 7.05 Å². The molecule has 0 rings (SSSR count). The molecule has 0 atom stereocenters. The maximum atomic E-state index is 4.81. The highest BCUT2D eigenvalue weighted by Crippen LogP contribution is 0.580. The van der Waals surface area contributed by atoms with Crippen LogP contribution in [0, 0.1) is 0 Å². The second-order valence-electron chi connectivity index (χ2n) is 0.744. The lowest BCUT2D eigenvalue weighted by atomic mass is 11.4. The lowest BCUT2D eigenvalue weighted by Crippen LogP contribution is -3.20. The van der Waals surface area contributed by atoms with Crippen LogP contribution in [0.4, 0.5) is 0 Å². The van der Waals surface area contributed by atoms with E-state index in [1.54, 1.807) is 7.05 Å². The molecule has 0 aliphatic carbocycles. The molecule has 26 valence electrons. The van der Waals surface area contributed by atoms with Crippen LogP contribution in [-0.2, 0) is 0 Å². The van der Waals surface area contributed by atoms with Gasteiger partial charge in [0.1, 0.15) is 7.05 Å². The Morgan fingerprint density at radius 1 is 1.50 bits per heavy atom. The van der Waals surface area contributed by atoms with Crippen LogP contribution in [0.3, 0.4) is 0 Å². The number of nitrogens with one attached hydrogen (secondary N) is 1. The quantitative estimate of drug-likeness (QED) is 0.210. The van der Waals surface area contributed by atoms with Crippen LogP contribution in [0.25, 0.3) is 0 Å². The topological polar surface area (TPSA) is 56.5 Å². The number of nitrogens with two attached hydrogens (primary N) is 2. The normalized spacial score (nSPS) is 9.00. The number of quaternary nitrogens is 1. The van der Waals surface area contributed by atoms with Gasteiger partial charge in [-0.25, -0.2) is 0 Å². The number of hydrogen-bond donors (Lipinski definition) is 3. The van der Waals surface area contributed by atoms with E-state index < -0.39 is 0 Å². The van der Waals surface area contributed by atoms with Crippen molar-refractivity contribution in [2.45, 2.75) is 0 Å². The van der Waals surface area contributed by atoms with E-state index in [1.807, 2.05) is 0 Å². The summed E-state index contributed by atoms with van der Waals surface area (Å²) in [4.78, 5) is 0. The predicted molar refractivity (Wildman–Crippen MR) is 15.3 cm³/mol. The van der Waals surface area contributed by atoms with Crippen molar-refractivity contribution in [3.8, 4) is 0 Å². The Labute approximate surface area is 25.1 Å². The van der Waals surface area contributed by atoms with Crippen molar-refractivity contribution < 1.29 is 5.12 Å². The molecular formula is CH8N3+. The molecule has 0 heterocycles. The van der Waals surface area contributed by atoms with Crippen LogP contribution in [0.2, 0.25) is 0 Å². The summed E-state index contributed by atoms with van der Waals surface area (Å²) in [7, 11) is 1.64. The van der Waals surface area contributed by atoms with Crippen molar-refractivity contribution in [3.05, 3.63) is 0 Å². The molecule has 4 heavy (non-hydrogen) atoms. The van der Waals surface area contributed by atoms with Gasteiger partial charge in [-0.15, -0.1) is 0 Å². The molecule has 0 aromatic heterocycles. The second-order valence-corrected chi connectivity index (χ2v) is 0.744. The average molecular weight is 62.1 g/mol. The third-order valence-corrected chi connectivity index (χ3v) is 0. The number of rotatable bonds is 0. The van der Waals surface area contributed by atoms with Gasteiger partial charge in [-0.05, 0) is 0 Å². The zero-order valence-electron chi connectivity index (χ0n) is 2.65. The highest BCUT2D eigenvalue weighted by atomic mass is 15.6. The van der Waals surface area contributed by atoms with E-state index >= 15 is 0 Å². The Bertz CT molecular complexity index is 8.00.